The van der Waals surface area contributed by atoms with Crippen LogP contribution in [0.5, 0.6) is 0 Å². The first-order valence-electron chi connectivity index (χ1n) is 12.0. The molecule has 1 aliphatic carbocycles. The lowest BCUT2D eigenvalue weighted by Crippen LogP contribution is -2.61. The largest absolute Gasteiger partial charge is 0.480 e. The molecule has 0 spiro atoms. The zero-order valence-electron chi connectivity index (χ0n) is 19.8. The first-order chi connectivity index (χ1) is 16.4. The van der Waals surface area contributed by atoms with E-state index in [1.54, 1.807) is 6.92 Å². The Kier molecular flexibility index (Phi) is 6.91. The van der Waals surface area contributed by atoms with Crippen LogP contribution in [0.4, 0.5) is 4.79 Å². The van der Waals surface area contributed by atoms with Crippen LogP contribution in [-0.2, 0) is 14.3 Å². The fourth-order valence-corrected chi connectivity index (χ4v) is 5.33. The van der Waals surface area contributed by atoms with Crippen molar-refractivity contribution in [2.75, 3.05) is 13.2 Å². The number of piperidine rings is 1. The van der Waals surface area contributed by atoms with Crippen molar-refractivity contribution < 1.29 is 24.2 Å². The fourth-order valence-electron chi connectivity index (χ4n) is 5.33. The van der Waals surface area contributed by atoms with Crippen molar-refractivity contribution in [1.29, 1.82) is 0 Å². The normalized spacial score (nSPS) is 19.0. The van der Waals surface area contributed by atoms with Crippen LogP contribution in [0.15, 0.2) is 48.5 Å². The predicted molar refractivity (Wildman–Crippen MR) is 129 cm³/mol. The molecule has 2 amide bonds. The van der Waals surface area contributed by atoms with Crippen molar-refractivity contribution in [3.63, 3.8) is 0 Å². The molecule has 1 heterocycles. The standard InChI is InChI=1S/C27H32N2O5/c1-3-15-27(2,25(32)29-16-9-8-14-23(29)24(30)31)28-26(33)34-17-22-20-12-6-4-10-18(20)19-11-5-7-13-21(19)22/h4-7,10-13,22-23H,3,8-9,14-17H2,1-2H3,(H,28,33)(H,30,31). The van der Waals surface area contributed by atoms with Crippen LogP contribution in [0.3, 0.4) is 0 Å². The summed E-state index contributed by atoms with van der Waals surface area (Å²) >= 11 is 0. The number of ether oxygens (including phenoxy) is 1. The number of hydrogen-bond acceptors (Lipinski definition) is 4. The van der Waals surface area contributed by atoms with E-state index in [-0.39, 0.29) is 18.4 Å². The number of aliphatic carboxylic acids is 1. The van der Waals surface area contributed by atoms with Crippen LogP contribution in [0.25, 0.3) is 11.1 Å². The first-order valence-corrected chi connectivity index (χ1v) is 12.0. The Morgan fingerprint density at radius 1 is 1.06 bits per heavy atom. The molecule has 2 N–H and O–H groups in total. The van der Waals surface area contributed by atoms with E-state index in [1.807, 2.05) is 43.3 Å². The van der Waals surface area contributed by atoms with Gasteiger partial charge in [0.2, 0.25) is 5.91 Å². The Morgan fingerprint density at radius 3 is 2.26 bits per heavy atom. The highest BCUT2D eigenvalue weighted by Gasteiger charge is 2.43. The lowest BCUT2D eigenvalue weighted by molar-refractivity contribution is -0.155. The van der Waals surface area contributed by atoms with Crippen LogP contribution in [-0.4, -0.2) is 52.7 Å². The molecule has 2 aromatic rings. The van der Waals surface area contributed by atoms with Crippen molar-refractivity contribution in [2.24, 2.45) is 0 Å². The maximum Gasteiger partial charge on any atom is 0.408 e. The molecule has 0 aromatic heterocycles. The number of carbonyl (C=O) groups is 3. The van der Waals surface area contributed by atoms with Gasteiger partial charge < -0.3 is 20.1 Å². The monoisotopic (exact) mass is 464 g/mol. The molecule has 2 unspecified atom stereocenters. The average Bonchev–Trinajstić information content (AvgIpc) is 3.16. The lowest BCUT2D eigenvalue weighted by atomic mass is 9.91. The van der Waals surface area contributed by atoms with E-state index in [9.17, 15) is 19.5 Å². The topological polar surface area (TPSA) is 95.9 Å². The van der Waals surface area contributed by atoms with Crippen LogP contribution < -0.4 is 5.32 Å². The molecule has 34 heavy (non-hydrogen) atoms. The van der Waals surface area contributed by atoms with E-state index in [4.69, 9.17) is 4.74 Å². The minimum atomic E-state index is -1.23. The van der Waals surface area contributed by atoms with Crippen molar-refractivity contribution >= 4 is 18.0 Å². The number of benzene rings is 2. The van der Waals surface area contributed by atoms with E-state index in [2.05, 4.69) is 17.4 Å². The van der Waals surface area contributed by atoms with Crippen molar-refractivity contribution in [2.45, 2.75) is 63.5 Å². The Balaban J connectivity index is 1.47. The van der Waals surface area contributed by atoms with Crippen LogP contribution in [0, 0.1) is 0 Å². The summed E-state index contributed by atoms with van der Waals surface area (Å²) in [6.07, 6.45) is 2.31. The third-order valence-corrected chi connectivity index (χ3v) is 6.99. The van der Waals surface area contributed by atoms with Crippen molar-refractivity contribution in [3.8, 4) is 11.1 Å². The SMILES string of the molecule is CCCC(C)(NC(=O)OCC1c2ccccc2-c2ccccc21)C(=O)N1CCCCC1C(=O)O. The molecule has 7 heteroatoms. The Bertz CT molecular complexity index is 1040. The zero-order valence-corrected chi connectivity index (χ0v) is 19.8. The summed E-state index contributed by atoms with van der Waals surface area (Å²) in [5, 5.41) is 12.4. The third-order valence-electron chi connectivity index (χ3n) is 6.99. The van der Waals surface area contributed by atoms with Gasteiger partial charge in [-0.1, -0.05) is 61.9 Å². The van der Waals surface area contributed by atoms with Gasteiger partial charge in [-0.15, -0.1) is 0 Å². The van der Waals surface area contributed by atoms with Gasteiger partial charge in [-0.25, -0.2) is 9.59 Å². The highest BCUT2D eigenvalue weighted by atomic mass is 16.5. The van der Waals surface area contributed by atoms with Gasteiger partial charge in [0.05, 0.1) is 0 Å². The number of carboxylic acid groups (broad SMARTS) is 1. The smallest absolute Gasteiger partial charge is 0.408 e. The van der Waals surface area contributed by atoms with Crippen molar-refractivity contribution in [1.82, 2.24) is 10.2 Å². The van der Waals surface area contributed by atoms with Gasteiger partial charge in [0.25, 0.3) is 0 Å². The Morgan fingerprint density at radius 2 is 1.68 bits per heavy atom. The summed E-state index contributed by atoms with van der Waals surface area (Å²) in [6, 6.07) is 15.3. The Hall–Kier alpha value is -3.35. The quantitative estimate of drug-likeness (QED) is 0.627. The molecule has 2 atom stereocenters. The summed E-state index contributed by atoms with van der Waals surface area (Å²) in [6.45, 7) is 4.11. The molecule has 4 rings (SSSR count). The van der Waals surface area contributed by atoms with E-state index < -0.39 is 23.6 Å². The molecule has 0 saturated carbocycles. The minimum absolute atomic E-state index is 0.0789. The molecular formula is C27H32N2O5. The maximum atomic E-state index is 13.4. The number of amides is 2. The number of fused-ring (bicyclic) bond motifs is 3. The zero-order chi connectivity index (χ0) is 24.3. The number of nitrogens with zero attached hydrogens (tertiary/aromatic N) is 1. The molecule has 1 saturated heterocycles. The number of hydrogen-bond donors (Lipinski definition) is 2. The van der Waals surface area contributed by atoms with Gasteiger partial charge in [0.15, 0.2) is 0 Å². The van der Waals surface area contributed by atoms with Gasteiger partial charge >= 0.3 is 12.1 Å². The van der Waals surface area contributed by atoms with Crippen LogP contribution in [0.1, 0.15) is 63.0 Å². The fraction of sp³-hybridized carbons (Fsp3) is 0.444. The summed E-state index contributed by atoms with van der Waals surface area (Å²) in [5.74, 6) is -1.45. The van der Waals surface area contributed by atoms with Crippen molar-refractivity contribution in [3.05, 3.63) is 59.7 Å². The first kappa shape index (κ1) is 23.8. The number of rotatable bonds is 7. The third kappa shape index (κ3) is 4.52. The van der Waals surface area contributed by atoms with Gasteiger partial charge in [-0.05, 0) is 54.9 Å². The average molecular weight is 465 g/mol. The number of likely N-dealkylation sites (tertiary alicyclic amines) is 1. The summed E-state index contributed by atoms with van der Waals surface area (Å²) in [7, 11) is 0. The van der Waals surface area contributed by atoms with E-state index in [0.29, 0.717) is 25.8 Å². The number of alkyl carbamates (subject to hydrolysis) is 1. The molecule has 7 nitrogen and oxygen atoms in total. The molecule has 2 aliphatic rings. The van der Waals surface area contributed by atoms with Gasteiger partial charge in [-0.2, -0.15) is 0 Å². The molecular weight excluding hydrogens is 432 g/mol. The highest BCUT2D eigenvalue weighted by Crippen LogP contribution is 2.44. The Labute approximate surface area is 200 Å². The molecule has 180 valence electrons. The maximum absolute atomic E-state index is 13.4. The van der Waals surface area contributed by atoms with E-state index in [0.717, 1.165) is 35.1 Å². The predicted octanol–water partition coefficient (Wildman–Crippen LogP) is 4.55. The van der Waals surface area contributed by atoms with E-state index in [1.165, 1.54) is 4.90 Å². The molecule has 0 bridgehead atoms. The highest BCUT2D eigenvalue weighted by molar-refractivity contribution is 5.92. The van der Waals surface area contributed by atoms with Gasteiger partial charge in [0, 0.05) is 12.5 Å². The molecule has 1 aliphatic heterocycles. The van der Waals surface area contributed by atoms with Gasteiger partial charge in [0.1, 0.15) is 18.2 Å². The number of carboxylic acids is 1. The van der Waals surface area contributed by atoms with Crippen LogP contribution >= 0.6 is 0 Å². The molecule has 2 aromatic carbocycles. The lowest BCUT2D eigenvalue weighted by Gasteiger charge is -2.39. The summed E-state index contributed by atoms with van der Waals surface area (Å²) < 4.78 is 5.66. The summed E-state index contributed by atoms with van der Waals surface area (Å²) in [4.78, 5) is 39.5. The second-order valence-electron chi connectivity index (χ2n) is 9.38. The summed E-state index contributed by atoms with van der Waals surface area (Å²) in [5.41, 5.74) is 3.27. The number of nitrogens with one attached hydrogen (secondary N) is 1. The molecule has 0 radical (unpaired) electrons. The molecule has 1 fully saturated rings. The van der Waals surface area contributed by atoms with Gasteiger partial charge in [-0.3, -0.25) is 4.79 Å². The number of carbonyl (C=O) groups excluding carboxylic acids is 2. The second-order valence-corrected chi connectivity index (χ2v) is 9.38. The van der Waals surface area contributed by atoms with Crippen LogP contribution in [0.2, 0.25) is 0 Å². The van der Waals surface area contributed by atoms with E-state index >= 15 is 0 Å². The second kappa shape index (κ2) is 9.87. The minimum Gasteiger partial charge on any atom is -0.480 e.